The van der Waals surface area contributed by atoms with E-state index in [0.717, 1.165) is 25.8 Å². The molecule has 2 unspecified atom stereocenters. The van der Waals surface area contributed by atoms with Gasteiger partial charge in [-0.25, -0.2) is 0 Å². The lowest BCUT2D eigenvalue weighted by molar-refractivity contribution is -0.131. The van der Waals surface area contributed by atoms with Gasteiger partial charge in [-0.2, -0.15) is 0 Å². The summed E-state index contributed by atoms with van der Waals surface area (Å²) in [5, 5.41) is 0. The fourth-order valence-corrected chi connectivity index (χ4v) is 2.89. The molecule has 0 bridgehead atoms. The predicted molar refractivity (Wildman–Crippen MR) is 77.7 cm³/mol. The highest BCUT2D eigenvalue weighted by atomic mass is 16.2. The second kappa shape index (κ2) is 6.71. The molecule has 0 spiro atoms. The van der Waals surface area contributed by atoms with Crippen LogP contribution in [0.3, 0.4) is 0 Å². The van der Waals surface area contributed by atoms with Gasteiger partial charge in [-0.05, 0) is 44.2 Å². The fraction of sp³-hybridized carbons (Fsp3) is 0.562. The molecule has 1 amide bonds. The Bertz CT molecular complexity index is 404. The SMILES string of the molecule is CC1CC(CN)CN1C(=O)CCCc1ccccc1. The van der Waals surface area contributed by atoms with Gasteiger partial charge in [-0.3, -0.25) is 4.79 Å². The number of nitrogens with two attached hydrogens (primary N) is 1. The van der Waals surface area contributed by atoms with Gasteiger partial charge >= 0.3 is 0 Å². The molecule has 1 aliphatic heterocycles. The van der Waals surface area contributed by atoms with Crippen molar-refractivity contribution in [3.8, 4) is 0 Å². The zero-order chi connectivity index (χ0) is 13.7. The van der Waals surface area contributed by atoms with Gasteiger partial charge < -0.3 is 10.6 Å². The van der Waals surface area contributed by atoms with Crippen molar-refractivity contribution in [2.75, 3.05) is 13.1 Å². The molecule has 2 N–H and O–H groups in total. The Balaban J connectivity index is 1.76. The average molecular weight is 260 g/mol. The normalized spacial score (nSPS) is 22.7. The molecule has 0 radical (unpaired) electrons. The highest BCUT2D eigenvalue weighted by Crippen LogP contribution is 2.23. The van der Waals surface area contributed by atoms with Crippen LogP contribution in [-0.2, 0) is 11.2 Å². The van der Waals surface area contributed by atoms with Crippen molar-refractivity contribution in [2.24, 2.45) is 11.7 Å². The maximum atomic E-state index is 12.2. The number of benzene rings is 1. The molecule has 0 saturated carbocycles. The molecule has 0 aromatic heterocycles. The van der Waals surface area contributed by atoms with Crippen LogP contribution in [0.2, 0.25) is 0 Å². The summed E-state index contributed by atoms with van der Waals surface area (Å²) in [7, 11) is 0. The predicted octanol–water partition coefficient (Wildman–Crippen LogP) is 2.21. The Morgan fingerprint density at radius 3 is 2.74 bits per heavy atom. The number of hydrogen-bond donors (Lipinski definition) is 1. The Morgan fingerprint density at radius 2 is 2.11 bits per heavy atom. The number of carbonyl (C=O) groups excluding carboxylic acids is 1. The third kappa shape index (κ3) is 3.80. The van der Waals surface area contributed by atoms with E-state index >= 15 is 0 Å². The molecule has 19 heavy (non-hydrogen) atoms. The Labute approximate surface area is 115 Å². The minimum atomic E-state index is 0.291. The standard InChI is InChI=1S/C16H24N2O/c1-13-10-15(11-17)12-18(13)16(19)9-5-8-14-6-3-2-4-7-14/h2-4,6-7,13,15H,5,8-12,17H2,1H3. The number of rotatable bonds is 5. The first-order chi connectivity index (χ1) is 9.20. The topological polar surface area (TPSA) is 46.3 Å². The number of hydrogen-bond acceptors (Lipinski definition) is 2. The van der Waals surface area contributed by atoms with Crippen LogP contribution in [0.5, 0.6) is 0 Å². The molecule has 2 rings (SSSR count). The second-order valence-electron chi connectivity index (χ2n) is 5.57. The maximum absolute atomic E-state index is 12.2. The van der Waals surface area contributed by atoms with Crippen LogP contribution < -0.4 is 5.73 Å². The van der Waals surface area contributed by atoms with E-state index in [0.29, 0.717) is 30.8 Å². The zero-order valence-corrected chi connectivity index (χ0v) is 11.7. The quantitative estimate of drug-likeness (QED) is 0.882. The van der Waals surface area contributed by atoms with Crippen molar-refractivity contribution in [1.82, 2.24) is 4.90 Å². The Kier molecular flexibility index (Phi) is 4.97. The minimum Gasteiger partial charge on any atom is -0.340 e. The molecule has 1 fully saturated rings. The van der Waals surface area contributed by atoms with E-state index in [2.05, 4.69) is 19.1 Å². The van der Waals surface area contributed by atoms with Crippen molar-refractivity contribution < 1.29 is 4.79 Å². The van der Waals surface area contributed by atoms with Gasteiger partial charge in [0, 0.05) is 19.0 Å². The molecule has 3 heteroatoms. The summed E-state index contributed by atoms with van der Waals surface area (Å²) in [6.07, 6.45) is 3.62. The highest BCUT2D eigenvalue weighted by molar-refractivity contribution is 5.76. The van der Waals surface area contributed by atoms with Crippen molar-refractivity contribution in [1.29, 1.82) is 0 Å². The lowest BCUT2D eigenvalue weighted by Gasteiger charge is -2.21. The summed E-state index contributed by atoms with van der Waals surface area (Å²) in [5.41, 5.74) is 7.01. The highest BCUT2D eigenvalue weighted by Gasteiger charge is 2.30. The Morgan fingerprint density at radius 1 is 1.37 bits per heavy atom. The number of aryl methyl sites for hydroxylation is 1. The maximum Gasteiger partial charge on any atom is 0.222 e. The molecule has 1 saturated heterocycles. The van der Waals surface area contributed by atoms with Crippen LogP contribution in [0.4, 0.5) is 0 Å². The van der Waals surface area contributed by atoms with E-state index in [-0.39, 0.29) is 0 Å². The molecular formula is C16H24N2O. The molecule has 104 valence electrons. The number of nitrogens with zero attached hydrogens (tertiary/aromatic N) is 1. The average Bonchev–Trinajstić information content (AvgIpc) is 2.81. The van der Waals surface area contributed by atoms with Crippen molar-refractivity contribution in [2.45, 2.75) is 38.6 Å². The van der Waals surface area contributed by atoms with Crippen LogP contribution in [0, 0.1) is 5.92 Å². The van der Waals surface area contributed by atoms with Gasteiger partial charge in [0.25, 0.3) is 0 Å². The van der Waals surface area contributed by atoms with Crippen molar-refractivity contribution >= 4 is 5.91 Å². The summed E-state index contributed by atoms with van der Waals surface area (Å²) in [5.74, 6) is 0.785. The molecule has 1 aliphatic rings. The molecule has 0 aliphatic carbocycles. The van der Waals surface area contributed by atoms with E-state index in [4.69, 9.17) is 5.73 Å². The first kappa shape index (κ1) is 14.1. The summed E-state index contributed by atoms with van der Waals surface area (Å²) in [6.45, 7) is 3.67. The molecule has 1 aromatic rings. The molecule has 3 nitrogen and oxygen atoms in total. The van der Waals surface area contributed by atoms with Crippen LogP contribution >= 0.6 is 0 Å². The lowest BCUT2D eigenvalue weighted by Crippen LogP contribution is -2.34. The van der Waals surface area contributed by atoms with Gasteiger partial charge in [0.15, 0.2) is 0 Å². The first-order valence-electron chi connectivity index (χ1n) is 7.24. The van der Waals surface area contributed by atoms with Gasteiger partial charge in [-0.15, -0.1) is 0 Å². The summed E-state index contributed by atoms with van der Waals surface area (Å²) in [4.78, 5) is 14.2. The minimum absolute atomic E-state index is 0.291. The van der Waals surface area contributed by atoms with Gasteiger partial charge in [-0.1, -0.05) is 30.3 Å². The molecule has 1 aromatic carbocycles. The van der Waals surface area contributed by atoms with Crippen molar-refractivity contribution in [3.05, 3.63) is 35.9 Å². The lowest BCUT2D eigenvalue weighted by atomic mass is 10.1. The molecular weight excluding hydrogens is 236 g/mol. The van der Waals surface area contributed by atoms with Crippen LogP contribution in [0.25, 0.3) is 0 Å². The van der Waals surface area contributed by atoms with E-state index in [9.17, 15) is 4.79 Å². The Hall–Kier alpha value is -1.35. The monoisotopic (exact) mass is 260 g/mol. The number of amides is 1. The first-order valence-corrected chi connectivity index (χ1v) is 7.24. The van der Waals surface area contributed by atoms with Gasteiger partial charge in [0.05, 0.1) is 0 Å². The smallest absolute Gasteiger partial charge is 0.222 e. The van der Waals surface area contributed by atoms with Crippen molar-refractivity contribution in [3.63, 3.8) is 0 Å². The van der Waals surface area contributed by atoms with Gasteiger partial charge in [0.2, 0.25) is 5.91 Å². The second-order valence-corrected chi connectivity index (χ2v) is 5.57. The van der Waals surface area contributed by atoms with Gasteiger partial charge in [0.1, 0.15) is 0 Å². The van der Waals surface area contributed by atoms with E-state index in [1.165, 1.54) is 5.56 Å². The molecule has 1 heterocycles. The molecule has 2 atom stereocenters. The van der Waals surface area contributed by atoms with E-state index in [1.54, 1.807) is 0 Å². The van der Waals surface area contributed by atoms with Crippen LogP contribution in [0.15, 0.2) is 30.3 Å². The fourth-order valence-electron chi connectivity index (χ4n) is 2.89. The number of likely N-dealkylation sites (tertiary alicyclic amines) is 1. The van der Waals surface area contributed by atoms with Crippen LogP contribution in [-0.4, -0.2) is 29.9 Å². The summed E-state index contributed by atoms with van der Waals surface area (Å²) < 4.78 is 0. The zero-order valence-electron chi connectivity index (χ0n) is 11.7. The summed E-state index contributed by atoms with van der Waals surface area (Å²) in [6, 6.07) is 10.7. The van der Waals surface area contributed by atoms with Crippen LogP contribution in [0.1, 0.15) is 31.7 Å². The van der Waals surface area contributed by atoms with E-state index < -0.39 is 0 Å². The largest absolute Gasteiger partial charge is 0.340 e. The van der Waals surface area contributed by atoms with E-state index in [1.807, 2.05) is 23.1 Å². The third-order valence-electron chi connectivity index (χ3n) is 4.01. The third-order valence-corrected chi connectivity index (χ3v) is 4.01. The summed E-state index contributed by atoms with van der Waals surface area (Å²) >= 11 is 0. The number of carbonyl (C=O) groups is 1.